The third kappa shape index (κ3) is 6.39. The van der Waals surface area contributed by atoms with Crippen LogP contribution >= 0.6 is 11.6 Å². The van der Waals surface area contributed by atoms with Gasteiger partial charge in [-0.25, -0.2) is 0 Å². The molecule has 0 aliphatic heterocycles. The Balaban J connectivity index is 1.85. The summed E-state index contributed by atoms with van der Waals surface area (Å²) in [4.78, 5) is 36.1. The van der Waals surface area contributed by atoms with Crippen LogP contribution in [0.5, 0.6) is 5.75 Å². The Morgan fingerprint density at radius 2 is 1.57 bits per heavy atom. The van der Waals surface area contributed by atoms with Crippen molar-refractivity contribution in [1.82, 2.24) is 10.6 Å². The third-order valence-electron chi connectivity index (χ3n) is 3.91. The molecule has 2 aromatic carbocycles. The molecule has 0 aliphatic carbocycles. The number of ether oxygens (including phenoxy) is 1. The lowest BCUT2D eigenvalue weighted by molar-refractivity contribution is -0.129. The van der Waals surface area contributed by atoms with E-state index in [1.165, 1.54) is 0 Å². The molecule has 0 saturated heterocycles. The third-order valence-corrected chi connectivity index (χ3v) is 4.16. The zero-order valence-electron chi connectivity index (χ0n) is 15.8. The standard InChI is InChI=1S/C21H23ClN2O4/c1-3-12-23-21(27)14(2)24-19(25)13-28-18-10-6-16(7-11-18)20(26)15-4-8-17(22)9-5-15/h4-11,14H,3,12-13H2,1-2H3,(H,23,27)(H,24,25)/t14-/m1/s1. The average molecular weight is 403 g/mol. The molecule has 0 fully saturated rings. The molecule has 2 aromatic rings. The van der Waals surface area contributed by atoms with Crippen molar-refractivity contribution < 1.29 is 19.1 Å². The predicted molar refractivity (Wildman–Crippen MR) is 108 cm³/mol. The van der Waals surface area contributed by atoms with E-state index in [1.807, 2.05) is 6.92 Å². The first-order chi connectivity index (χ1) is 13.4. The van der Waals surface area contributed by atoms with Crippen LogP contribution in [0, 0.1) is 0 Å². The van der Waals surface area contributed by atoms with Gasteiger partial charge in [0.1, 0.15) is 11.8 Å². The Kier molecular flexibility index (Phi) is 8.02. The number of carbonyl (C=O) groups is 3. The van der Waals surface area contributed by atoms with E-state index in [4.69, 9.17) is 16.3 Å². The van der Waals surface area contributed by atoms with Gasteiger partial charge in [0.25, 0.3) is 5.91 Å². The van der Waals surface area contributed by atoms with Crippen molar-refractivity contribution in [3.8, 4) is 5.75 Å². The SMILES string of the molecule is CCCNC(=O)[C@@H](C)NC(=O)COc1ccc(C(=O)c2ccc(Cl)cc2)cc1. The van der Waals surface area contributed by atoms with Gasteiger partial charge in [-0.05, 0) is 61.9 Å². The summed E-state index contributed by atoms with van der Waals surface area (Å²) in [6.45, 7) is 3.90. The Morgan fingerprint density at radius 3 is 2.14 bits per heavy atom. The number of nitrogens with one attached hydrogen (secondary N) is 2. The van der Waals surface area contributed by atoms with Crippen LogP contribution in [-0.4, -0.2) is 36.8 Å². The molecule has 2 rings (SSSR count). The summed E-state index contributed by atoms with van der Waals surface area (Å²) in [5, 5.41) is 5.85. The van der Waals surface area contributed by atoms with Crippen LogP contribution in [0.15, 0.2) is 48.5 Å². The number of hydrogen-bond donors (Lipinski definition) is 2. The molecule has 0 heterocycles. The zero-order valence-corrected chi connectivity index (χ0v) is 16.6. The second kappa shape index (κ2) is 10.5. The van der Waals surface area contributed by atoms with Gasteiger partial charge in [-0.2, -0.15) is 0 Å². The highest BCUT2D eigenvalue weighted by molar-refractivity contribution is 6.30. The summed E-state index contributed by atoms with van der Waals surface area (Å²) in [5.41, 5.74) is 1.04. The number of carbonyl (C=O) groups excluding carboxylic acids is 3. The van der Waals surface area contributed by atoms with E-state index in [9.17, 15) is 14.4 Å². The fourth-order valence-corrected chi connectivity index (χ4v) is 2.50. The maximum atomic E-state index is 12.4. The Hall–Kier alpha value is -2.86. The summed E-state index contributed by atoms with van der Waals surface area (Å²) >= 11 is 5.83. The molecule has 6 nitrogen and oxygen atoms in total. The summed E-state index contributed by atoms with van der Waals surface area (Å²) in [7, 11) is 0. The fraction of sp³-hybridized carbons (Fsp3) is 0.286. The maximum absolute atomic E-state index is 12.4. The van der Waals surface area contributed by atoms with Gasteiger partial charge >= 0.3 is 0 Å². The van der Waals surface area contributed by atoms with Crippen LogP contribution in [-0.2, 0) is 9.59 Å². The molecule has 0 unspecified atom stereocenters. The molecule has 7 heteroatoms. The molecule has 1 atom stereocenters. The number of rotatable bonds is 9. The van der Waals surface area contributed by atoms with Gasteiger partial charge in [0.2, 0.25) is 5.91 Å². The van der Waals surface area contributed by atoms with Crippen LogP contribution in [0.4, 0.5) is 0 Å². The van der Waals surface area contributed by atoms with Crippen molar-refractivity contribution in [3.05, 3.63) is 64.7 Å². The molecule has 0 saturated carbocycles. The van der Waals surface area contributed by atoms with Crippen molar-refractivity contribution >= 4 is 29.2 Å². The highest BCUT2D eigenvalue weighted by Crippen LogP contribution is 2.17. The minimum absolute atomic E-state index is 0.132. The van der Waals surface area contributed by atoms with Crippen molar-refractivity contribution in [2.24, 2.45) is 0 Å². The Morgan fingerprint density at radius 1 is 1.00 bits per heavy atom. The molecule has 0 aliphatic rings. The molecule has 0 radical (unpaired) electrons. The van der Waals surface area contributed by atoms with E-state index < -0.39 is 11.9 Å². The number of halogens is 1. The lowest BCUT2D eigenvalue weighted by atomic mass is 10.0. The molecule has 2 amide bonds. The monoisotopic (exact) mass is 402 g/mol. The van der Waals surface area contributed by atoms with E-state index in [0.29, 0.717) is 28.4 Å². The Bertz CT molecular complexity index is 819. The van der Waals surface area contributed by atoms with Crippen molar-refractivity contribution in [3.63, 3.8) is 0 Å². The number of benzene rings is 2. The second-order valence-electron chi connectivity index (χ2n) is 6.23. The lowest BCUT2D eigenvalue weighted by Gasteiger charge is -2.14. The van der Waals surface area contributed by atoms with Crippen molar-refractivity contribution in [1.29, 1.82) is 0 Å². The largest absolute Gasteiger partial charge is 0.484 e. The molecular weight excluding hydrogens is 380 g/mol. The first-order valence-electron chi connectivity index (χ1n) is 9.01. The summed E-state index contributed by atoms with van der Waals surface area (Å²) in [5.74, 6) is -0.320. The zero-order chi connectivity index (χ0) is 20.5. The van der Waals surface area contributed by atoms with Gasteiger partial charge in [0.05, 0.1) is 0 Å². The highest BCUT2D eigenvalue weighted by Gasteiger charge is 2.15. The predicted octanol–water partition coefficient (Wildman–Crippen LogP) is 2.98. The minimum Gasteiger partial charge on any atom is -0.484 e. The van der Waals surface area contributed by atoms with E-state index in [-0.39, 0.29) is 18.3 Å². The Labute approximate surface area is 169 Å². The minimum atomic E-state index is -0.637. The fourth-order valence-electron chi connectivity index (χ4n) is 2.37. The smallest absolute Gasteiger partial charge is 0.258 e. The number of amides is 2. The summed E-state index contributed by atoms with van der Waals surface area (Å²) in [6.07, 6.45) is 0.825. The quantitative estimate of drug-likeness (QED) is 0.631. The topological polar surface area (TPSA) is 84.5 Å². The molecule has 148 valence electrons. The van der Waals surface area contributed by atoms with Crippen molar-refractivity contribution in [2.75, 3.05) is 13.2 Å². The van der Waals surface area contributed by atoms with Gasteiger partial charge in [-0.3, -0.25) is 14.4 Å². The van der Waals surface area contributed by atoms with E-state index in [2.05, 4.69) is 10.6 Å². The van der Waals surface area contributed by atoms with E-state index in [0.717, 1.165) is 6.42 Å². The van der Waals surface area contributed by atoms with Crippen LogP contribution in [0.25, 0.3) is 0 Å². The van der Waals surface area contributed by atoms with Crippen LogP contribution in [0.2, 0.25) is 5.02 Å². The highest BCUT2D eigenvalue weighted by atomic mass is 35.5. The lowest BCUT2D eigenvalue weighted by Crippen LogP contribution is -2.46. The summed E-state index contributed by atoms with van der Waals surface area (Å²) < 4.78 is 5.41. The van der Waals surface area contributed by atoms with E-state index in [1.54, 1.807) is 55.5 Å². The van der Waals surface area contributed by atoms with Gasteiger partial charge in [-0.1, -0.05) is 18.5 Å². The molecule has 0 spiro atoms. The molecule has 0 aromatic heterocycles. The maximum Gasteiger partial charge on any atom is 0.258 e. The number of ketones is 1. The molecular formula is C21H23ClN2O4. The van der Waals surface area contributed by atoms with Crippen LogP contribution in [0.3, 0.4) is 0 Å². The first kappa shape index (κ1) is 21.4. The van der Waals surface area contributed by atoms with Crippen molar-refractivity contribution in [2.45, 2.75) is 26.3 Å². The second-order valence-corrected chi connectivity index (χ2v) is 6.67. The van der Waals surface area contributed by atoms with Gasteiger partial charge in [0, 0.05) is 22.7 Å². The van der Waals surface area contributed by atoms with Gasteiger partial charge in [0.15, 0.2) is 12.4 Å². The molecule has 28 heavy (non-hydrogen) atoms. The van der Waals surface area contributed by atoms with Crippen LogP contribution in [0.1, 0.15) is 36.2 Å². The van der Waals surface area contributed by atoms with Gasteiger partial charge in [-0.15, -0.1) is 0 Å². The van der Waals surface area contributed by atoms with Crippen LogP contribution < -0.4 is 15.4 Å². The molecule has 2 N–H and O–H groups in total. The normalized spacial score (nSPS) is 11.4. The van der Waals surface area contributed by atoms with Gasteiger partial charge < -0.3 is 15.4 Å². The number of hydrogen-bond acceptors (Lipinski definition) is 4. The summed E-state index contributed by atoms with van der Waals surface area (Å²) in [6, 6.07) is 12.5. The molecule has 0 bridgehead atoms. The van der Waals surface area contributed by atoms with E-state index >= 15 is 0 Å². The first-order valence-corrected chi connectivity index (χ1v) is 9.38. The average Bonchev–Trinajstić information content (AvgIpc) is 2.70.